The average Bonchev–Trinajstić information content (AvgIpc) is 2.40. The van der Waals surface area contributed by atoms with E-state index in [1.54, 1.807) is 6.07 Å². The van der Waals surface area contributed by atoms with Gasteiger partial charge in [-0.1, -0.05) is 46.0 Å². The van der Waals surface area contributed by atoms with Crippen LogP contribution in [0, 0.1) is 22.7 Å². The highest BCUT2D eigenvalue weighted by Gasteiger charge is 2.42. The number of nitrogens with zero attached hydrogens (tertiary/aromatic N) is 2. The monoisotopic (exact) mass is 285 g/mol. The van der Waals surface area contributed by atoms with E-state index in [-0.39, 0.29) is 6.54 Å². The maximum Gasteiger partial charge on any atom is 0.231 e. The van der Waals surface area contributed by atoms with Crippen LogP contribution in [0.3, 0.4) is 0 Å². The van der Waals surface area contributed by atoms with Crippen LogP contribution in [-0.4, -0.2) is 19.7 Å². The van der Waals surface area contributed by atoms with Gasteiger partial charge >= 0.3 is 0 Å². The van der Waals surface area contributed by atoms with E-state index in [4.69, 9.17) is 5.26 Å². The zero-order valence-electron chi connectivity index (χ0n) is 11.8. The molecule has 0 amide bonds. The lowest BCUT2D eigenvalue weighted by molar-refractivity contribution is 0.483. The molecule has 0 heterocycles. The lowest BCUT2D eigenvalue weighted by atomic mass is 9.96. The lowest BCUT2D eigenvalue weighted by Crippen LogP contribution is -2.45. The van der Waals surface area contributed by atoms with Gasteiger partial charge in [0.2, 0.25) is 10.0 Å². The number of sulfonamides is 1. The van der Waals surface area contributed by atoms with Crippen molar-refractivity contribution >= 4 is 10.0 Å². The third-order valence-electron chi connectivity index (χ3n) is 3.15. The molecule has 108 valence electrons. The van der Waals surface area contributed by atoms with Gasteiger partial charge in [0.1, 0.15) is 0 Å². The normalized spacial score (nSPS) is 14.3. The van der Waals surface area contributed by atoms with E-state index in [9.17, 15) is 13.7 Å². The Morgan fingerprint density at radius 1 is 1.05 bits per heavy atom. The molecule has 0 aliphatic carbocycles. The van der Waals surface area contributed by atoms with Crippen molar-refractivity contribution in [1.82, 2.24) is 4.72 Å². The summed E-state index contributed by atoms with van der Waals surface area (Å²) in [7, 11) is -3.78. The standard InChI is InChI=1S/C13H23N3O2S/c1-3-5-6-7-9-13(12-15,8-4-2)19(17,18)16-11-10-14/h16H,3-9,11H2,1-2H3. The van der Waals surface area contributed by atoms with Gasteiger partial charge in [0.15, 0.2) is 4.75 Å². The summed E-state index contributed by atoms with van der Waals surface area (Å²) in [5.74, 6) is 0. The highest BCUT2D eigenvalue weighted by atomic mass is 32.2. The Bertz CT molecular complexity index is 434. The van der Waals surface area contributed by atoms with Crippen molar-refractivity contribution in [3.63, 3.8) is 0 Å². The second kappa shape index (κ2) is 8.90. The first kappa shape index (κ1) is 17.9. The topological polar surface area (TPSA) is 93.8 Å². The van der Waals surface area contributed by atoms with Crippen LogP contribution < -0.4 is 4.72 Å². The molecule has 0 saturated heterocycles. The molecule has 0 spiro atoms. The molecule has 5 nitrogen and oxygen atoms in total. The van der Waals surface area contributed by atoms with Crippen LogP contribution in [0.4, 0.5) is 0 Å². The SMILES string of the molecule is CCCCCCC(C#N)(CCC)S(=O)(=O)NCC#N. The van der Waals surface area contributed by atoms with Gasteiger partial charge in [0.25, 0.3) is 0 Å². The van der Waals surface area contributed by atoms with E-state index < -0.39 is 14.8 Å². The van der Waals surface area contributed by atoms with Crippen molar-refractivity contribution in [2.75, 3.05) is 6.54 Å². The van der Waals surface area contributed by atoms with E-state index in [2.05, 4.69) is 11.6 Å². The Balaban J connectivity index is 4.96. The largest absolute Gasteiger partial charge is 0.231 e. The summed E-state index contributed by atoms with van der Waals surface area (Å²) >= 11 is 0. The van der Waals surface area contributed by atoms with Gasteiger partial charge in [0, 0.05) is 0 Å². The second-order valence-corrected chi connectivity index (χ2v) is 6.73. The van der Waals surface area contributed by atoms with E-state index in [0.717, 1.165) is 25.7 Å². The van der Waals surface area contributed by atoms with Gasteiger partial charge in [-0.3, -0.25) is 0 Å². The molecule has 0 bridgehead atoms. The first-order chi connectivity index (χ1) is 8.99. The minimum absolute atomic E-state index is 0.287. The predicted molar refractivity (Wildman–Crippen MR) is 74.5 cm³/mol. The maximum atomic E-state index is 12.2. The molecule has 1 unspecified atom stereocenters. The molecule has 0 aromatic rings. The summed E-state index contributed by atoms with van der Waals surface area (Å²) < 4.78 is 25.2. The fraction of sp³-hybridized carbons (Fsp3) is 0.846. The Hall–Kier alpha value is -1.11. The molecule has 1 N–H and O–H groups in total. The van der Waals surface area contributed by atoms with E-state index in [1.165, 1.54) is 0 Å². The maximum absolute atomic E-state index is 12.2. The number of hydrogen-bond donors (Lipinski definition) is 1. The highest BCUT2D eigenvalue weighted by molar-refractivity contribution is 7.91. The van der Waals surface area contributed by atoms with E-state index >= 15 is 0 Å². The minimum atomic E-state index is -3.78. The van der Waals surface area contributed by atoms with Gasteiger partial charge in [-0.05, 0) is 12.8 Å². The summed E-state index contributed by atoms with van der Waals surface area (Å²) in [5, 5.41) is 17.8. The third-order valence-corrected chi connectivity index (χ3v) is 5.20. The van der Waals surface area contributed by atoms with Crippen LogP contribution in [-0.2, 0) is 10.0 Å². The zero-order valence-corrected chi connectivity index (χ0v) is 12.6. The Labute approximate surface area is 116 Å². The molecule has 6 heteroatoms. The van der Waals surface area contributed by atoms with Gasteiger partial charge in [-0.2, -0.15) is 15.2 Å². The quantitative estimate of drug-likeness (QED) is 0.493. The third kappa shape index (κ3) is 5.18. The molecule has 0 fully saturated rings. The number of hydrogen-bond acceptors (Lipinski definition) is 4. The molecule has 19 heavy (non-hydrogen) atoms. The molecule has 0 aliphatic heterocycles. The Morgan fingerprint density at radius 2 is 1.74 bits per heavy atom. The summed E-state index contributed by atoms with van der Waals surface area (Å²) in [5.41, 5.74) is 0. The summed E-state index contributed by atoms with van der Waals surface area (Å²) in [6.45, 7) is 3.65. The van der Waals surface area contributed by atoms with Crippen molar-refractivity contribution in [3.05, 3.63) is 0 Å². The van der Waals surface area contributed by atoms with E-state index in [1.807, 2.05) is 13.0 Å². The summed E-state index contributed by atoms with van der Waals surface area (Å²) in [4.78, 5) is 0. The summed E-state index contributed by atoms with van der Waals surface area (Å²) in [6.07, 6.45) is 5.00. The molecule has 0 rings (SSSR count). The number of unbranched alkanes of at least 4 members (excludes halogenated alkanes) is 3. The lowest BCUT2D eigenvalue weighted by Gasteiger charge is -2.25. The van der Waals surface area contributed by atoms with Crippen LogP contribution in [0.25, 0.3) is 0 Å². The van der Waals surface area contributed by atoms with Gasteiger partial charge in [0.05, 0.1) is 18.7 Å². The molecule has 0 aromatic heterocycles. The Kier molecular flexibility index (Phi) is 8.38. The van der Waals surface area contributed by atoms with Gasteiger partial charge in [-0.15, -0.1) is 0 Å². The number of nitrogens with one attached hydrogen (secondary N) is 1. The average molecular weight is 285 g/mol. The minimum Gasteiger partial charge on any atom is -0.211 e. The van der Waals surface area contributed by atoms with Crippen molar-refractivity contribution in [1.29, 1.82) is 10.5 Å². The predicted octanol–water partition coefficient (Wildman–Crippen LogP) is 2.46. The Morgan fingerprint density at radius 3 is 2.21 bits per heavy atom. The molecular formula is C13H23N3O2S. The van der Waals surface area contributed by atoms with Crippen LogP contribution in [0.2, 0.25) is 0 Å². The van der Waals surface area contributed by atoms with Crippen molar-refractivity contribution in [2.24, 2.45) is 0 Å². The van der Waals surface area contributed by atoms with Crippen molar-refractivity contribution in [3.8, 4) is 12.1 Å². The first-order valence-corrected chi connectivity index (χ1v) is 8.25. The number of nitriles is 2. The zero-order chi connectivity index (χ0) is 14.8. The van der Waals surface area contributed by atoms with Gasteiger partial charge in [-0.25, -0.2) is 8.42 Å². The highest BCUT2D eigenvalue weighted by Crippen LogP contribution is 2.29. The van der Waals surface area contributed by atoms with Crippen molar-refractivity contribution in [2.45, 2.75) is 63.5 Å². The first-order valence-electron chi connectivity index (χ1n) is 6.77. The van der Waals surface area contributed by atoms with Crippen LogP contribution >= 0.6 is 0 Å². The number of rotatable bonds is 10. The molecule has 0 radical (unpaired) electrons. The second-order valence-electron chi connectivity index (χ2n) is 4.65. The fourth-order valence-corrected chi connectivity index (χ4v) is 3.61. The van der Waals surface area contributed by atoms with Crippen LogP contribution in [0.5, 0.6) is 0 Å². The molecule has 0 aliphatic rings. The van der Waals surface area contributed by atoms with Crippen molar-refractivity contribution < 1.29 is 8.42 Å². The van der Waals surface area contributed by atoms with Gasteiger partial charge < -0.3 is 0 Å². The molecule has 1 atom stereocenters. The summed E-state index contributed by atoms with van der Waals surface area (Å²) in [6, 6.07) is 3.72. The van der Waals surface area contributed by atoms with E-state index in [0.29, 0.717) is 19.3 Å². The molecule has 0 aromatic carbocycles. The van der Waals surface area contributed by atoms with Crippen LogP contribution in [0.1, 0.15) is 58.8 Å². The smallest absolute Gasteiger partial charge is 0.211 e. The molecule has 0 saturated carbocycles. The molecular weight excluding hydrogens is 262 g/mol. The fourth-order valence-electron chi connectivity index (χ4n) is 2.07. The van der Waals surface area contributed by atoms with Crippen LogP contribution in [0.15, 0.2) is 0 Å².